The number of hydrogen-bond donors (Lipinski definition) is 4. The van der Waals surface area contributed by atoms with Crippen molar-refractivity contribution >= 4 is 17.7 Å². The lowest BCUT2D eigenvalue weighted by Gasteiger charge is -2.74. The number of aliphatic hydroxyl groups excluding tert-OH is 3. The number of carbonyl (C=O) groups excluding carboxylic acids is 3. The highest BCUT2D eigenvalue weighted by molar-refractivity contribution is 5.94. The molecular formula is C80H98N2O11. The molecule has 7 aliphatic heterocycles. The van der Waals surface area contributed by atoms with E-state index in [1.807, 2.05) is 6.26 Å². The summed E-state index contributed by atoms with van der Waals surface area (Å²) >= 11 is 0. The largest absolute Gasteiger partial charge is 0.469 e. The van der Waals surface area contributed by atoms with Gasteiger partial charge >= 0.3 is 11.9 Å². The maximum absolute atomic E-state index is 18.0. The zero-order valence-electron chi connectivity index (χ0n) is 54.8. The van der Waals surface area contributed by atoms with Crippen LogP contribution in [0.25, 0.3) is 0 Å². The number of benzene rings is 1. The molecule has 10 saturated carbocycles. The van der Waals surface area contributed by atoms with Gasteiger partial charge in [-0.1, -0.05) is 93.4 Å². The maximum atomic E-state index is 18.0. The fraction of sp³-hybridized carbons (Fsp3) is 0.762. The summed E-state index contributed by atoms with van der Waals surface area (Å²) < 4.78 is 39.1. The number of nitrogens with zero attached hydrogens (tertiary/aromatic N) is 1. The van der Waals surface area contributed by atoms with Gasteiger partial charge in [-0.3, -0.25) is 14.9 Å². The summed E-state index contributed by atoms with van der Waals surface area (Å²) in [5, 5.41) is 42.5. The first kappa shape index (κ1) is 57.7. The fourth-order valence-electron chi connectivity index (χ4n) is 31.1. The van der Waals surface area contributed by atoms with Gasteiger partial charge in [-0.15, -0.1) is 0 Å². The van der Waals surface area contributed by atoms with Gasteiger partial charge < -0.3 is 43.6 Å². The Bertz CT molecular complexity index is 3670. The molecule has 494 valence electrons. The van der Waals surface area contributed by atoms with Gasteiger partial charge in [0, 0.05) is 41.3 Å². The quantitative estimate of drug-likeness (QED) is 0.0849. The number of carbonyl (C=O) groups is 3. The fourth-order valence-corrected chi connectivity index (χ4v) is 31.1. The van der Waals surface area contributed by atoms with Gasteiger partial charge in [-0.05, 0) is 240 Å². The molecule has 19 aliphatic rings. The Labute approximate surface area is 548 Å². The third-order valence-electron chi connectivity index (χ3n) is 33.6. The summed E-state index contributed by atoms with van der Waals surface area (Å²) in [4.78, 5) is 53.7. The molecule has 0 radical (unpaired) electrons. The van der Waals surface area contributed by atoms with Crippen LogP contribution in [0.1, 0.15) is 190 Å². The highest BCUT2D eigenvalue weighted by atomic mass is 16.7. The lowest BCUT2D eigenvalue weighted by atomic mass is 9.28. The van der Waals surface area contributed by atoms with Gasteiger partial charge in [0.25, 0.3) is 0 Å². The maximum Gasteiger partial charge on any atom is 0.339 e. The normalized spacial score (nSPS) is 52.0. The Hall–Kier alpha value is -4.29. The van der Waals surface area contributed by atoms with Gasteiger partial charge in [0.1, 0.15) is 29.7 Å². The Morgan fingerprint density at radius 3 is 2.56 bits per heavy atom. The third-order valence-corrected chi connectivity index (χ3v) is 33.6. The monoisotopic (exact) mass is 1260 g/mol. The number of epoxide rings is 1. The Balaban J connectivity index is 0.818. The number of allylic oxidation sites excluding steroid dienone is 1. The topological polar surface area (TPSA) is 181 Å². The third kappa shape index (κ3) is 6.51. The molecule has 13 heteroatoms. The smallest absolute Gasteiger partial charge is 0.339 e. The molecular weight excluding hydrogens is 1160 g/mol. The number of aryl methyl sites for hydroxylation is 1. The molecule has 21 rings (SSSR count). The molecule has 12 aliphatic carbocycles. The van der Waals surface area contributed by atoms with Crippen LogP contribution < -0.4 is 5.32 Å². The predicted molar refractivity (Wildman–Crippen MR) is 341 cm³/mol. The van der Waals surface area contributed by atoms with Crippen molar-refractivity contribution in [3.63, 3.8) is 0 Å². The molecule has 13 nitrogen and oxygen atoms in total. The minimum atomic E-state index is -1.54. The van der Waals surface area contributed by atoms with Crippen LogP contribution in [0.2, 0.25) is 0 Å². The number of furan rings is 1. The lowest BCUT2D eigenvalue weighted by molar-refractivity contribution is -0.320. The van der Waals surface area contributed by atoms with Crippen LogP contribution >= 0.6 is 0 Å². The highest BCUT2D eigenvalue weighted by Crippen LogP contribution is 2.93. The number of aliphatic hydroxyl groups is 3. The Morgan fingerprint density at radius 2 is 1.71 bits per heavy atom. The molecule has 0 unspecified atom stereocenters. The predicted octanol–water partition coefficient (Wildman–Crippen LogP) is 11.0. The van der Waals surface area contributed by atoms with Crippen molar-refractivity contribution in [1.82, 2.24) is 10.2 Å². The van der Waals surface area contributed by atoms with Gasteiger partial charge in [-0.25, -0.2) is 4.79 Å². The molecule has 8 heterocycles. The number of Topliss-reactive ketones (excluding diaryl/α,β-unsaturated/α-hetero) is 1. The van der Waals surface area contributed by atoms with Crippen LogP contribution in [0.5, 0.6) is 0 Å². The van der Waals surface area contributed by atoms with Crippen molar-refractivity contribution in [2.45, 2.75) is 233 Å². The van der Waals surface area contributed by atoms with Gasteiger partial charge in [0.15, 0.2) is 17.5 Å². The van der Waals surface area contributed by atoms with Gasteiger partial charge in [0.2, 0.25) is 0 Å². The zero-order chi connectivity index (χ0) is 62.2. The zero-order valence-corrected chi connectivity index (χ0v) is 54.8. The van der Waals surface area contributed by atoms with Crippen molar-refractivity contribution in [3.8, 4) is 11.8 Å². The SMILES string of the molecule is C[C@]12C[C@H]3C[C@]45[C@H](CC[C@@]46CCC4(CCCC4)C6)CC4=CC[C@]6(C7CCCCC7)O[C@]47[C@H]5C(=O)OC[C@]74[C@@H]3[C@]3([C@H](O)C(=O)[C@@H]46)[C@@H]4C[C@H](Cc5ccccc5)CC[C@H]4C#C[C@H]4CCc5coc(C[C@@H]([C@H]6CC[C@H]7[C@H](C=CN8CNC[C@H]78)C6)[C@H](O)CO)c5[C@@]41OC(=O)[C@H]1O[C@@]132. The summed E-state index contributed by atoms with van der Waals surface area (Å²) in [5.41, 5.74) is -4.67. The number of rotatable bonds is 8. The first-order valence-corrected chi connectivity index (χ1v) is 38.0. The summed E-state index contributed by atoms with van der Waals surface area (Å²) in [6.07, 6.45) is 31.7. The minimum absolute atomic E-state index is 0.0585. The van der Waals surface area contributed by atoms with E-state index < -0.39 is 92.0 Å². The van der Waals surface area contributed by atoms with E-state index in [0.29, 0.717) is 62.2 Å². The number of cyclic esters (lactones) is 1. The number of ketones is 1. The average molecular weight is 1260 g/mol. The first-order valence-electron chi connectivity index (χ1n) is 38.0. The molecule has 1 aromatic heterocycles. The molecule has 26 atom stereocenters. The molecule has 8 spiro atoms. The highest BCUT2D eigenvalue weighted by Gasteiger charge is 3.01. The summed E-state index contributed by atoms with van der Waals surface area (Å²) in [5.74, 6) is 6.19. The molecule has 5 saturated heterocycles. The molecule has 4 N–H and O–H groups in total. The van der Waals surface area contributed by atoms with Crippen molar-refractivity contribution in [1.29, 1.82) is 0 Å². The molecule has 15 fully saturated rings. The number of ether oxygens (including phenoxy) is 4. The van der Waals surface area contributed by atoms with E-state index in [-0.39, 0.29) is 83.1 Å². The minimum Gasteiger partial charge on any atom is -0.469 e. The Morgan fingerprint density at radius 1 is 0.849 bits per heavy atom. The summed E-state index contributed by atoms with van der Waals surface area (Å²) in [7, 11) is 0. The molecule has 0 amide bonds. The summed E-state index contributed by atoms with van der Waals surface area (Å²) in [6.45, 7) is 3.92. The first-order chi connectivity index (χ1) is 45.2. The molecule has 1 aromatic carbocycles. The summed E-state index contributed by atoms with van der Waals surface area (Å²) in [6, 6.07) is 11.3. The van der Waals surface area contributed by atoms with Crippen LogP contribution in [-0.4, -0.2) is 106 Å². The van der Waals surface area contributed by atoms with E-state index >= 15 is 19.5 Å². The molecule has 2 aromatic rings. The lowest BCUT2D eigenvalue weighted by Crippen LogP contribution is -2.84. The second-order valence-corrected chi connectivity index (χ2v) is 35.9. The van der Waals surface area contributed by atoms with Crippen LogP contribution in [0.4, 0.5) is 0 Å². The number of esters is 2. The molecule has 93 heavy (non-hydrogen) atoms. The van der Waals surface area contributed by atoms with Crippen LogP contribution in [0.3, 0.4) is 0 Å². The van der Waals surface area contributed by atoms with E-state index in [1.165, 1.54) is 43.2 Å². The van der Waals surface area contributed by atoms with Crippen molar-refractivity contribution < 1.29 is 53.1 Å². The van der Waals surface area contributed by atoms with Crippen LogP contribution in [0.15, 0.2) is 64.9 Å². The van der Waals surface area contributed by atoms with Gasteiger partial charge in [0.05, 0.1) is 54.4 Å². The second kappa shape index (κ2) is 19.1. The molecule has 9 bridgehead atoms. The van der Waals surface area contributed by atoms with Crippen molar-refractivity contribution in [2.24, 2.45) is 115 Å². The van der Waals surface area contributed by atoms with Crippen molar-refractivity contribution in [2.75, 3.05) is 26.4 Å². The average Bonchev–Trinajstić information content (AvgIpc) is 1.43. The van der Waals surface area contributed by atoms with E-state index in [1.54, 1.807) is 0 Å². The van der Waals surface area contributed by atoms with E-state index in [2.05, 4.69) is 77.7 Å². The van der Waals surface area contributed by atoms with Gasteiger partial charge in [-0.2, -0.15) is 0 Å². The number of nitrogens with one attached hydrogen (secondary N) is 1. The van der Waals surface area contributed by atoms with Crippen molar-refractivity contribution in [3.05, 3.63) is 83.0 Å². The number of fused-ring (bicyclic) bond motifs is 7. The van der Waals surface area contributed by atoms with Crippen LogP contribution in [0, 0.1) is 127 Å². The van der Waals surface area contributed by atoms with E-state index in [4.69, 9.17) is 23.4 Å². The van der Waals surface area contributed by atoms with Crippen LogP contribution in [-0.2, 0) is 58.2 Å². The van der Waals surface area contributed by atoms with E-state index in [9.17, 15) is 10.2 Å². The van der Waals surface area contributed by atoms with E-state index in [0.717, 1.165) is 133 Å². The second-order valence-electron chi connectivity index (χ2n) is 35.9. The standard InChI is InChI=1S/C80H98N2O11/c1-71-37-51-38-74-54(22-27-73(74)30-29-72(42-73)25-8-9-26-72)35-55-23-28-76(52-12-6-3-7-13-52)65-63(85)67(86)77(64(51)75(65)43-90-69(87)66(74)79(55,75)93-76)58-33-46(32-45-10-4-2-5-11-45)14-15-47(58)16-19-53-20-17-50-41-89-61(62(50)78(53,71)92-70(88)68-80(71,77)91-68)36-57(60(84)40-83)48-18-21-56-49(34-48)24-31-82-44-81-39-59(56)82/h2,4-5,10-11,23-24,31,41,46-49,51-54,56-60,64-68,81,83-84,86H,3,6-9,12-15,17-18,20-22,25-30,32-40,42-44H2,1H3/t46-,47-,48-,49+,51-,53-,54+,56-,57-,58+,59+,60+,64+,65-,66-,67+,68+,71-,73-,74+,75+,76+,77-,78-,79-,80+/m0/s1. The Kier molecular flexibility index (Phi) is 11.9. The number of hydrogen-bond acceptors (Lipinski definition) is 13.